The van der Waals surface area contributed by atoms with Gasteiger partial charge in [-0.3, -0.25) is 9.59 Å². The number of hydrogen-bond donors (Lipinski definition) is 1. The molecule has 0 aromatic rings. The summed E-state index contributed by atoms with van der Waals surface area (Å²) in [6.07, 6.45) is 3.37. The lowest BCUT2D eigenvalue weighted by molar-refractivity contribution is -0.145. The number of hydrogen-bond acceptors (Lipinski definition) is 3. The molecule has 5 heteroatoms. The SMILES string of the molecule is CSC(C)C(=O)N1CCCC(C(=O)O)C1. The molecule has 15 heavy (non-hydrogen) atoms. The molecule has 1 rings (SSSR count). The summed E-state index contributed by atoms with van der Waals surface area (Å²) in [5.74, 6) is -1.10. The number of nitrogens with zero attached hydrogens (tertiary/aromatic N) is 1. The number of carbonyl (C=O) groups is 2. The van der Waals surface area contributed by atoms with Crippen molar-refractivity contribution in [3.8, 4) is 0 Å². The van der Waals surface area contributed by atoms with Crippen molar-refractivity contribution >= 4 is 23.6 Å². The highest BCUT2D eigenvalue weighted by Gasteiger charge is 2.29. The summed E-state index contributed by atoms with van der Waals surface area (Å²) in [5, 5.41) is 8.82. The van der Waals surface area contributed by atoms with Crippen molar-refractivity contribution in [3.63, 3.8) is 0 Å². The molecule has 0 radical (unpaired) electrons. The summed E-state index contributed by atoms with van der Waals surface area (Å²) in [6, 6.07) is 0. The van der Waals surface area contributed by atoms with Crippen LogP contribution in [0.15, 0.2) is 0 Å². The zero-order valence-corrected chi connectivity index (χ0v) is 9.92. The predicted molar refractivity (Wildman–Crippen MR) is 59.9 cm³/mol. The molecule has 0 aromatic carbocycles. The van der Waals surface area contributed by atoms with Gasteiger partial charge in [-0.15, -0.1) is 0 Å². The van der Waals surface area contributed by atoms with Crippen LogP contribution in [0, 0.1) is 5.92 Å². The lowest BCUT2D eigenvalue weighted by atomic mass is 9.98. The lowest BCUT2D eigenvalue weighted by Gasteiger charge is -2.32. The van der Waals surface area contributed by atoms with Crippen molar-refractivity contribution in [2.45, 2.75) is 25.0 Å². The average Bonchev–Trinajstić information content (AvgIpc) is 2.27. The zero-order valence-electron chi connectivity index (χ0n) is 9.10. The number of carboxylic acid groups (broad SMARTS) is 1. The normalized spacial score (nSPS) is 23.6. The van der Waals surface area contributed by atoms with Gasteiger partial charge < -0.3 is 10.0 Å². The van der Waals surface area contributed by atoms with E-state index in [1.807, 2.05) is 13.2 Å². The molecule has 0 spiro atoms. The Labute approximate surface area is 94.0 Å². The third-order valence-corrected chi connectivity index (χ3v) is 3.69. The predicted octanol–water partition coefficient (Wildman–Crippen LogP) is 1.06. The first-order chi connectivity index (χ1) is 7.06. The molecule has 0 saturated carbocycles. The highest BCUT2D eigenvalue weighted by atomic mass is 32.2. The van der Waals surface area contributed by atoms with Gasteiger partial charge in [-0.05, 0) is 26.0 Å². The molecule has 1 fully saturated rings. The molecule has 1 aliphatic heterocycles. The van der Waals surface area contributed by atoms with E-state index in [0.29, 0.717) is 19.5 Å². The number of amides is 1. The summed E-state index contributed by atoms with van der Waals surface area (Å²) in [6.45, 7) is 2.93. The van der Waals surface area contributed by atoms with Crippen LogP contribution in [0.4, 0.5) is 0 Å². The molecule has 1 saturated heterocycles. The Morgan fingerprint density at radius 2 is 2.20 bits per heavy atom. The molecule has 2 unspecified atom stereocenters. The molecule has 1 heterocycles. The summed E-state index contributed by atoms with van der Waals surface area (Å²) in [5.41, 5.74) is 0. The fourth-order valence-electron chi connectivity index (χ4n) is 1.74. The minimum absolute atomic E-state index is 0.0634. The average molecular weight is 231 g/mol. The number of carbonyl (C=O) groups excluding carboxylic acids is 1. The molecule has 0 aliphatic carbocycles. The maximum atomic E-state index is 11.8. The number of thioether (sulfide) groups is 1. The summed E-state index contributed by atoms with van der Waals surface area (Å²) < 4.78 is 0. The Morgan fingerprint density at radius 1 is 1.53 bits per heavy atom. The van der Waals surface area contributed by atoms with Gasteiger partial charge in [-0.1, -0.05) is 0 Å². The Hall–Kier alpha value is -0.710. The van der Waals surface area contributed by atoms with E-state index in [1.54, 1.807) is 4.90 Å². The van der Waals surface area contributed by atoms with Crippen molar-refractivity contribution in [1.82, 2.24) is 4.90 Å². The van der Waals surface area contributed by atoms with Crippen LogP contribution in [-0.4, -0.2) is 46.5 Å². The van der Waals surface area contributed by atoms with Crippen molar-refractivity contribution in [2.75, 3.05) is 19.3 Å². The van der Waals surface area contributed by atoms with Gasteiger partial charge in [0.2, 0.25) is 5.91 Å². The Balaban J connectivity index is 2.56. The van der Waals surface area contributed by atoms with Gasteiger partial charge in [0, 0.05) is 13.1 Å². The molecule has 1 aliphatic rings. The van der Waals surface area contributed by atoms with E-state index >= 15 is 0 Å². The smallest absolute Gasteiger partial charge is 0.308 e. The quantitative estimate of drug-likeness (QED) is 0.789. The Morgan fingerprint density at radius 3 is 2.73 bits per heavy atom. The first-order valence-corrected chi connectivity index (χ1v) is 6.39. The van der Waals surface area contributed by atoms with Gasteiger partial charge in [-0.2, -0.15) is 11.8 Å². The van der Waals surface area contributed by atoms with Crippen LogP contribution in [0.5, 0.6) is 0 Å². The van der Waals surface area contributed by atoms with E-state index in [4.69, 9.17) is 5.11 Å². The first-order valence-electron chi connectivity index (χ1n) is 5.10. The third-order valence-electron chi connectivity index (χ3n) is 2.78. The highest BCUT2D eigenvalue weighted by Crippen LogP contribution is 2.19. The molecule has 4 nitrogen and oxygen atoms in total. The first kappa shape index (κ1) is 12.4. The number of rotatable bonds is 3. The second-order valence-electron chi connectivity index (χ2n) is 3.84. The monoisotopic (exact) mass is 231 g/mol. The van der Waals surface area contributed by atoms with E-state index in [9.17, 15) is 9.59 Å². The van der Waals surface area contributed by atoms with Gasteiger partial charge in [0.15, 0.2) is 0 Å². The van der Waals surface area contributed by atoms with Crippen LogP contribution < -0.4 is 0 Å². The number of likely N-dealkylation sites (tertiary alicyclic amines) is 1. The molecule has 1 N–H and O–H groups in total. The molecule has 2 atom stereocenters. The standard InChI is InChI=1S/C10H17NO3S/c1-7(15-2)9(12)11-5-3-4-8(6-11)10(13)14/h7-8H,3-6H2,1-2H3,(H,13,14). The minimum atomic E-state index is -0.788. The van der Waals surface area contributed by atoms with Gasteiger partial charge in [-0.25, -0.2) is 0 Å². The maximum absolute atomic E-state index is 11.8. The van der Waals surface area contributed by atoms with Gasteiger partial charge in [0.1, 0.15) is 0 Å². The molecule has 86 valence electrons. The van der Waals surface area contributed by atoms with Crippen LogP contribution >= 0.6 is 11.8 Å². The topological polar surface area (TPSA) is 57.6 Å². The summed E-state index contributed by atoms with van der Waals surface area (Å²) >= 11 is 1.50. The molecule has 0 aromatic heterocycles. The fourth-order valence-corrected chi connectivity index (χ4v) is 2.09. The van der Waals surface area contributed by atoms with E-state index in [1.165, 1.54) is 11.8 Å². The molecule has 0 bridgehead atoms. The van der Waals surface area contributed by atoms with Crippen LogP contribution in [0.2, 0.25) is 0 Å². The maximum Gasteiger partial charge on any atom is 0.308 e. The Bertz CT molecular complexity index is 257. The minimum Gasteiger partial charge on any atom is -0.481 e. The van der Waals surface area contributed by atoms with Gasteiger partial charge in [0.25, 0.3) is 0 Å². The van der Waals surface area contributed by atoms with Crippen LogP contribution in [0.1, 0.15) is 19.8 Å². The van der Waals surface area contributed by atoms with Crippen LogP contribution in [-0.2, 0) is 9.59 Å². The molecular formula is C10H17NO3S. The van der Waals surface area contributed by atoms with E-state index in [0.717, 1.165) is 6.42 Å². The number of piperidine rings is 1. The van der Waals surface area contributed by atoms with E-state index in [2.05, 4.69) is 0 Å². The van der Waals surface area contributed by atoms with Crippen molar-refractivity contribution in [2.24, 2.45) is 5.92 Å². The molecular weight excluding hydrogens is 214 g/mol. The second-order valence-corrected chi connectivity index (χ2v) is 5.02. The Kier molecular flexibility index (Phi) is 4.45. The van der Waals surface area contributed by atoms with E-state index < -0.39 is 5.97 Å². The van der Waals surface area contributed by atoms with Gasteiger partial charge in [0.05, 0.1) is 11.2 Å². The lowest BCUT2D eigenvalue weighted by Crippen LogP contribution is -2.45. The third kappa shape index (κ3) is 3.12. The van der Waals surface area contributed by atoms with Crippen molar-refractivity contribution in [3.05, 3.63) is 0 Å². The fraction of sp³-hybridized carbons (Fsp3) is 0.800. The van der Waals surface area contributed by atoms with Gasteiger partial charge >= 0.3 is 5.97 Å². The van der Waals surface area contributed by atoms with E-state index in [-0.39, 0.29) is 17.1 Å². The van der Waals surface area contributed by atoms with Crippen LogP contribution in [0.3, 0.4) is 0 Å². The van der Waals surface area contributed by atoms with Crippen molar-refractivity contribution in [1.29, 1.82) is 0 Å². The number of aliphatic carboxylic acids is 1. The highest BCUT2D eigenvalue weighted by molar-refractivity contribution is 7.99. The largest absolute Gasteiger partial charge is 0.481 e. The zero-order chi connectivity index (χ0) is 11.4. The molecule has 1 amide bonds. The number of carboxylic acids is 1. The van der Waals surface area contributed by atoms with Crippen LogP contribution in [0.25, 0.3) is 0 Å². The summed E-state index contributed by atoms with van der Waals surface area (Å²) in [4.78, 5) is 24.3. The van der Waals surface area contributed by atoms with Crippen molar-refractivity contribution < 1.29 is 14.7 Å². The summed E-state index contributed by atoms with van der Waals surface area (Å²) in [7, 11) is 0. The second kappa shape index (κ2) is 5.39.